The van der Waals surface area contributed by atoms with Crippen LogP contribution < -0.4 is 5.43 Å². The maximum Gasteiger partial charge on any atom is 0.205 e. The standard InChI is InChI=1S/C20H29N2/c1-14-7-8-17-16(13-14)19(5)11-6-10-18(3,4)20(19)12-9-15(2)22(20)21-17/h7-8,13,21H,6,9-12H2,1-5H3/q+1/t19-,20-/m1/s1. The van der Waals surface area contributed by atoms with Crippen LogP contribution in [0.1, 0.15) is 70.9 Å². The van der Waals surface area contributed by atoms with E-state index in [1.54, 1.807) is 5.56 Å². The first-order valence-electron chi connectivity index (χ1n) is 8.82. The summed E-state index contributed by atoms with van der Waals surface area (Å²) in [6.07, 6.45) is 6.47. The molecule has 0 bridgehead atoms. The molecule has 1 aliphatic carbocycles. The zero-order chi connectivity index (χ0) is 15.8. The van der Waals surface area contributed by atoms with E-state index in [-0.39, 0.29) is 11.0 Å². The Morgan fingerprint density at radius 1 is 1.05 bits per heavy atom. The third-order valence-corrected chi connectivity index (χ3v) is 7.12. The smallest absolute Gasteiger partial charge is 0.165 e. The number of nitrogens with one attached hydrogen (secondary N) is 1. The molecule has 2 aliphatic heterocycles. The number of hydrazone groups is 1. The van der Waals surface area contributed by atoms with Gasteiger partial charge in [-0.05, 0) is 38.3 Å². The van der Waals surface area contributed by atoms with Crippen molar-refractivity contribution in [3.63, 3.8) is 0 Å². The van der Waals surface area contributed by atoms with Crippen molar-refractivity contribution in [3.05, 3.63) is 29.3 Å². The van der Waals surface area contributed by atoms with Gasteiger partial charge in [0.2, 0.25) is 5.54 Å². The topological polar surface area (TPSA) is 15.0 Å². The molecule has 2 heteroatoms. The van der Waals surface area contributed by atoms with Crippen molar-refractivity contribution in [3.8, 4) is 0 Å². The van der Waals surface area contributed by atoms with Gasteiger partial charge in [0, 0.05) is 25.2 Å². The number of fused-ring (bicyclic) bond motifs is 2. The van der Waals surface area contributed by atoms with Gasteiger partial charge < -0.3 is 0 Å². The van der Waals surface area contributed by atoms with E-state index in [1.165, 1.54) is 49.1 Å². The molecule has 1 saturated carbocycles. The summed E-state index contributed by atoms with van der Waals surface area (Å²) in [6.45, 7) is 12.1. The largest absolute Gasteiger partial charge is 0.205 e. The molecule has 1 spiro atoms. The molecule has 2 nitrogen and oxygen atoms in total. The number of aryl methyl sites for hydroxylation is 1. The molecule has 0 amide bonds. The summed E-state index contributed by atoms with van der Waals surface area (Å²) in [5.41, 5.74) is 10.3. The van der Waals surface area contributed by atoms with Crippen LogP contribution in [0.4, 0.5) is 5.69 Å². The van der Waals surface area contributed by atoms with E-state index >= 15 is 0 Å². The van der Waals surface area contributed by atoms with Crippen LogP contribution in [0.2, 0.25) is 0 Å². The Bertz CT molecular complexity index is 685. The Kier molecular flexibility index (Phi) is 2.70. The minimum Gasteiger partial charge on any atom is -0.165 e. The normalized spacial score (nSPS) is 35.5. The maximum atomic E-state index is 3.80. The molecule has 1 aromatic carbocycles. The zero-order valence-corrected chi connectivity index (χ0v) is 14.7. The number of anilines is 1. The van der Waals surface area contributed by atoms with Crippen molar-refractivity contribution in [1.29, 1.82) is 0 Å². The molecule has 0 unspecified atom stereocenters. The number of nitrogens with zero attached hydrogens (tertiary/aromatic N) is 1. The molecule has 2 atom stereocenters. The number of rotatable bonds is 0. The second-order valence-electron chi connectivity index (χ2n) is 8.66. The fourth-order valence-electron chi connectivity index (χ4n) is 6.00. The summed E-state index contributed by atoms with van der Waals surface area (Å²) in [5.74, 6) is 0. The van der Waals surface area contributed by atoms with Crippen molar-refractivity contribution in [2.75, 3.05) is 5.43 Å². The van der Waals surface area contributed by atoms with E-state index in [0.717, 1.165) is 0 Å². The summed E-state index contributed by atoms with van der Waals surface area (Å²) in [6, 6.07) is 6.96. The molecule has 3 aliphatic rings. The Balaban J connectivity index is 2.06. The van der Waals surface area contributed by atoms with E-state index in [9.17, 15) is 0 Å². The molecule has 2 heterocycles. The molecular formula is C20H29N2+. The van der Waals surface area contributed by atoms with Crippen molar-refractivity contribution < 1.29 is 4.68 Å². The summed E-state index contributed by atoms with van der Waals surface area (Å²) >= 11 is 0. The van der Waals surface area contributed by atoms with Crippen LogP contribution in [0.15, 0.2) is 18.2 Å². The minimum absolute atomic E-state index is 0.211. The van der Waals surface area contributed by atoms with Gasteiger partial charge in [0.25, 0.3) is 0 Å². The fourth-order valence-corrected chi connectivity index (χ4v) is 6.00. The predicted molar refractivity (Wildman–Crippen MR) is 92.7 cm³/mol. The molecule has 22 heavy (non-hydrogen) atoms. The van der Waals surface area contributed by atoms with Gasteiger partial charge in [0.1, 0.15) is 0 Å². The lowest BCUT2D eigenvalue weighted by atomic mass is 9.48. The van der Waals surface area contributed by atoms with Gasteiger partial charge in [0.15, 0.2) is 5.71 Å². The van der Waals surface area contributed by atoms with Gasteiger partial charge in [-0.1, -0.05) is 38.0 Å². The van der Waals surface area contributed by atoms with Gasteiger partial charge in [-0.3, -0.25) is 0 Å². The van der Waals surface area contributed by atoms with E-state index in [2.05, 4.69) is 62.9 Å². The highest BCUT2D eigenvalue weighted by Crippen LogP contribution is 2.63. The van der Waals surface area contributed by atoms with Crippen LogP contribution in [0.25, 0.3) is 0 Å². The Morgan fingerprint density at radius 3 is 2.59 bits per heavy atom. The van der Waals surface area contributed by atoms with Gasteiger partial charge in [-0.25, -0.2) is 0 Å². The van der Waals surface area contributed by atoms with Crippen molar-refractivity contribution >= 4 is 11.4 Å². The second-order valence-corrected chi connectivity index (χ2v) is 8.66. The highest BCUT2D eigenvalue weighted by Gasteiger charge is 2.72. The van der Waals surface area contributed by atoms with Crippen LogP contribution in [0.5, 0.6) is 0 Å². The summed E-state index contributed by atoms with van der Waals surface area (Å²) in [5, 5.41) is 0. The third-order valence-electron chi connectivity index (χ3n) is 7.12. The Morgan fingerprint density at radius 2 is 1.82 bits per heavy atom. The highest BCUT2D eigenvalue weighted by molar-refractivity contribution is 5.80. The first kappa shape index (κ1) is 14.3. The predicted octanol–water partition coefficient (Wildman–Crippen LogP) is 4.81. The summed E-state index contributed by atoms with van der Waals surface area (Å²) < 4.78 is 2.57. The van der Waals surface area contributed by atoms with Crippen LogP contribution in [0.3, 0.4) is 0 Å². The first-order valence-corrected chi connectivity index (χ1v) is 8.82. The first-order chi connectivity index (χ1) is 10.3. The molecule has 0 radical (unpaired) electrons. The molecule has 1 N–H and O–H groups in total. The van der Waals surface area contributed by atoms with Crippen LogP contribution in [-0.4, -0.2) is 15.9 Å². The summed E-state index contributed by atoms with van der Waals surface area (Å²) in [4.78, 5) is 0. The van der Waals surface area contributed by atoms with E-state index in [0.29, 0.717) is 5.41 Å². The van der Waals surface area contributed by atoms with Crippen LogP contribution >= 0.6 is 0 Å². The van der Waals surface area contributed by atoms with Gasteiger partial charge in [0.05, 0.1) is 11.1 Å². The quantitative estimate of drug-likeness (QED) is 0.679. The number of hydrogen-bond acceptors (Lipinski definition) is 1. The zero-order valence-electron chi connectivity index (χ0n) is 14.7. The fraction of sp³-hybridized carbons (Fsp3) is 0.650. The molecule has 0 aromatic heterocycles. The SMILES string of the molecule is CC1=[N+]2Nc3ccc(C)cc3[C@@]3(C)CCCC(C)(C)[C@@]23CC1. The van der Waals surface area contributed by atoms with Gasteiger partial charge >= 0.3 is 0 Å². The number of benzene rings is 1. The van der Waals surface area contributed by atoms with Crippen LogP contribution in [0, 0.1) is 12.3 Å². The average molecular weight is 297 g/mol. The minimum atomic E-state index is 0.211. The van der Waals surface area contributed by atoms with Gasteiger partial charge in [-0.15, -0.1) is 4.68 Å². The lowest BCUT2D eigenvalue weighted by Gasteiger charge is -2.57. The van der Waals surface area contributed by atoms with E-state index in [4.69, 9.17) is 0 Å². The van der Waals surface area contributed by atoms with E-state index in [1.807, 2.05) is 0 Å². The van der Waals surface area contributed by atoms with Crippen molar-refractivity contribution in [2.24, 2.45) is 5.41 Å². The Labute approximate surface area is 134 Å². The van der Waals surface area contributed by atoms with Crippen LogP contribution in [-0.2, 0) is 5.41 Å². The van der Waals surface area contributed by atoms with Crippen molar-refractivity contribution in [2.45, 2.75) is 77.7 Å². The Hall–Kier alpha value is -1.31. The number of hydrazine groups is 1. The van der Waals surface area contributed by atoms with Gasteiger partial charge in [-0.2, -0.15) is 5.43 Å². The lowest BCUT2D eigenvalue weighted by Crippen LogP contribution is -2.69. The van der Waals surface area contributed by atoms with Crippen molar-refractivity contribution in [1.82, 2.24) is 0 Å². The summed E-state index contributed by atoms with van der Waals surface area (Å²) in [7, 11) is 0. The number of hydrogen-bond donors (Lipinski definition) is 1. The molecule has 4 rings (SSSR count). The third kappa shape index (κ3) is 1.44. The second kappa shape index (κ2) is 4.15. The average Bonchev–Trinajstić information content (AvgIpc) is 2.79. The highest BCUT2D eigenvalue weighted by atomic mass is 15.5. The van der Waals surface area contributed by atoms with E-state index < -0.39 is 0 Å². The monoisotopic (exact) mass is 297 g/mol. The maximum absolute atomic E-state index is 3.80. The molecular weight excluding hydrogens is 268 g/mol. The molecule has 0 saturated heterocycles. The molecule has 118 valence electrons. The molecule has 1 aromatic rings. The molecule has 1 fully saturated rings. The lowest BCUT2D eigenvalue weighted by molar-refractivity contribution is -0.616.